The quantitative estimate of drug-likeness (QED) is 0.803. The first kappa shape index (κ1) is 15.7. The number of nitrogens with one attached hydrogen (secondary N) is 1. The van der Waals surface area contributed by atoms with E-state index < -0.39 is 6.04 Å². The Hall–Kier alpha value is -3.21. The molecule has 1 heterocycles. The van der Waals surface area contributed by atoms with Crippen molar-refractivity contribution >= 4 is 11.6 Å². The molecular weight excluding hydrogens is 302 g/mol. The van der Waals surface area contributed by atoms with Crippen LogP contribution in [-0.2, 0) is 4.79 Å². The van der Waals surface area contributed by atoms with Crippen molar-refractivity contribution in [3.05, 3.63) is 83.2 Å². The monoisotopic (exact) mass is 319 g/mol. The number of carbonyl (C=O) groups is 1. The molecule has 120 valence electrons. The average molecular weight is 319 g/mol. The van der Waals surface area contributed by atoms with Crippen molar-refractivity contribution < 1.29 is 4.79 Å². The van der Waals surface area contributed by atoms with Crippen molar-refractivity contribution in [1.29, 1.82) is 0 Å². The summed E-state index contributed by atoms with van der Waals surface area (Å²) in [5, 5.41) is 7.14. The highest BCUT2D eigenvalue weighted by atomic mass is 16.2. The highest BCUT2D eigenvalue weighted by Gasteiger charge is 2.18. The van der Waals surface area contributed by atoms with Crippen LogP contribution in [0.5, 0.6) is 0 Å². The van der Waals surface area contributed by atoms with Crippen LogP contribution in [0.25, 0.3) is 11.3 Å². The van der Waals surface area contributed by atoms with E-state index in [-0.39, 0.29) is 11.5 Å². The van der Waals surface area contributed by atoms with Crippen LogP contribution in [0.15, 0.2) is 77.6 Å². The number of amides is 1. The zero-order valence-electron chi connectivity index (χ0n) is 13.2. The minimum atomic E-state index is -0.721. The summed E-state index contributed by atoms with van der Waals surface area (Å²) < 4.78 is 1.21. The van der Waals surface area contributed by atoms with Gasteiger partial charge in [-0.1, -0.05) is 48.5 Å². The van der Waals surface area contributed by atoms with Gasteiger partial charge in [0.05, 0.1) is 5.69 Å². The number of benzene rings is 2. The van der Waals surface area contributed by atoms with Gasteiger partial charge in [-0.25, -0.2) is 4.68 Å². The summed E-state index contributed by atoms with van der Waals surface area (Å²) in [6, 6.07) is 21.0. The third-order valence-corrected chi connectivity index (χ3v) is 3.68. The number of para-hydroxylation sites is 1. The molecule has 3 rings (SSSR count). The maximum Gasteiger partial charge on any atom is 0.267 e. The summed E-state index contributed by atoms with van der Waals surface area (Å²) in [6.07, 6.45) is 0. The number of aromatic nitrogens is 2. The van der Waals surface area contributed by atoms with Crippen molar-refractivity contribution in [1.82, 2.24) is 9.78 Å². The molecule has 0 aliphatic carbocycles. The Kier molecular flexibility index (Phi) is 4.52. The Morgan fingerprint density at radius 1 is 0.958 bits per heavy atom. The van der Waals surface area contributed by atoms with Crippen LogP contribution in [0.2, 0.25) is 0 Å². The van der Waals surface area contributed by atoms with E-state index in [4.69, 9.17) is 0 Å². The fraction of sp³-hybridized carbons (Fsp3) is 0.105. The lowest BCUT2D eigenvalue weighted by Crippen LogP contribution is -2.33. The zero-order chi connectivity index (χ0) is 16.9. The van der Waals surface area contributed by atoms with Gasteiger partial charge in [-0.15, -0.1) is 0 Å². The zero-order valence-corrected chi connectivity index (χ0v) is 13.2. The number of nitrogens with zero attached hydrogens (tertiary/aromatic N) is 2. The van der Waals surface area contributed by atoms with Crippen LogP contribution < -0.4 is 10.9 Å². The van der Waals surface area contributed by atoms with E-state index in [0.29, 0.717) is 11.4 Å². The lowest BCUT2D eigenvalue weighted by atomic mass is 10.1. The van der Waals surface area contributed by atoms with Crippen LogP contribution in [0.3, 0.4) is 0 Å². The third kappa shape index (κ3) is 3.41. The first-order valence-electron chi connectivity index (χ1n) is 7.66. The molecule has 0 saturated heterocycles. The lowest BCUT2D eigenvalue weighted by molar-refractivity contribution is -0.119. The number of anilines is 1. The van der Waals surface area contributed by atoms with Crippen LogP contribution in [0.4, 0.5) is 5.69 Å². The molecule has 5 heteroatoms. The van der Waals surface area contributed by atoms with E-state index in [1.54, 1.807) is 25.1 Å². The Morgan fingerprint density at radius 3 is 2.25 bits per heavy atom. The van der Waals surface area contributed by atoms with Crippen LogP contribution in [0.1, 0.15) is 13.0 Å². The molecule has 0 aliphatic heterocycles. The minimum absolute atomic E-state index is 0.291. The van der Waals surface area contributed by atoms with Gasteiger partial charge in [0.25, 0.3) is 5.56 Å². The van der Waals surface area contributed by atoms with Crippen molar-refractivity contribution in [2.75, 3.05) is 5.32 Å². The molecule has 0 fully saturated rings. The van der Waals surface area contributed by atoms with Gasteiger partial charge < -0.3 is 5.32 Å². The van der Waals surface area contributed by atoms with Crippen LogP contribution >= 0.6 is 0 Å². The second-order valence-electron chi connectivity index (χ2n) is 5.40. The minimum Gasteiger partial charge on any atom is -0.324 e. The predicted octanol–water partition coefficient (Wildman–Crippen LogP) is 3.11. The van der Waals surface area contributed by atoms with Crippen LogP contribution in [-0.4, -0.2) is 15.7 Å². The molecule has 1 N–H and O–H groups in total. The number of carbonyl (C=O) groups excluding carboxylic acids is 1. The highest BCUT2D eigenvalue weighted by Crippen LogP contribution is 2.16. The van der Waals surface area contributed by atoms with E-state index in [0.717, 1.165) is 5.56 Å². The van der Waals surface area contributed by atoms with E-state index in [1.165, 1.54) is 10.7 Å². The molecule has 3 aromatic rings. The maximum absolute atomic E-state index is 12.4. The number of rotatable bonds is 4. The van der Waals surface area contributed by atoms with Gasteiger partial charge in [0.15, 0.2) is 0 Å². The topological polar surface area (TPSA) is 64.0 Å². The van der Waals surface area contributed by atoms with Gasteiger partial charge in [-0.3, -0.25) is 9.59 Å². The number of hydrogen-bond donors (Lipinski definition) is 1. The van der Waals surface area contributed by atoms with Gasteiger partial charge in [0, 0.05) is 17.3 Å². The van der Waals surface area contributed by atoms with E-state index >= 15 is 0 Å². The van der Waals surface area contributed by atoms with Gasteiger partial charge in [-0.2, -0.15) is 5.10 Å². The molecule has 0 saturated carbocycles. The standard InChI is InChI=1S/C19H17N3O2/c1-14(19(24)20-16-10-6-3-7-11-16)22-18(23)13-12-17(21-22)15-8-4-2-5-9-15/h2-14H,1H3,(H,20,24)/t14-/m0/s1. The predicted molar refractivity (Wildman–Crippen MR) is 93.7 cm³/mol. The van der Waals surface area contributed by atoms with Crippen molar-refractivity contribution in [3.8, 4) is 11.3 Å². The summed E-state index contributed by atoms with van der Waals surface area (Å²) in [5.74, 6) is -0.291. The molecule has 24 heavy (non-hydrogen) atoms. The molecule has 1 atom stereocenters. The molecule has 0 bridgehead atoms. The molecular formula is C19H17N3O2. The fourth-order valence-electron chi connectivity index (χ4n) is 2.34. The molecule has 2 aromatic carbocycles. The first-order chi connectivity index (χ1) is 11.6. The number of hydrogen-bond acceptors (Lipinski definition) is 3. The Morgan fingerprint density at radius 2 is 1.58 bits per heavy atom. The summed E-state index contributed by atoms with van der Waals surface area (Å²) in [5.41, 5.74) is 1.91. The van der Waals surface area contributed by atoms with Gasteiger partial charge in [0.1, 0.15) is 6.04 Å². The molecule has 0 aliphatic rings. The summed E-state index contributed by atoms with van der Waals surface area (Å²) >= 11 is 0. The van der Waals surface area contributed by atoms with Crippen LogP contribution in [0, 0.1) is 0 Å². The average Bonchev–Trinajstić information content (AvgIpc) is 2.63. The normalized spacial score (nSPS) is 11.7. The highest BCUT2D eigenvalue weighted by molar-refractivity contribution is 5.93. The molecule has 1 amide bonds. The molecule has 0 radical (unpaired) electrons. The maximum atomic E-state index is 12.4. The van der Waals surface area contributed by atoms with E-state index in [2.05, 4.69) is 10.4 Å². The molecule has 1 aromatic heterocycles. The first-order valence-corrected chi connectivity index (χ1v) is 7.66. The van der Waals surface area contributed by atoms with Crippen molar-refractivity contribution in [3.63, 3.8) is 0 Å². The summed E-state index contributed by atoms with van der Waals surface area (Å²) in [6.45, 7) is 1.65. The molecule has 5 nitrogen and oxygen atoms in total. The fourth-order valence-corrected chi connectivity index (χ4v) is 2.34. The van der Waals surface area contributed by atoms with E-state index in [1.807, 2.05) is 48.5 Å². The third-order valence-electron chi connectivity index (χ3n) is 3.68. The second kappa shape index (κ2) is 6.91. The van der Waals surface area contributed by atoms with Gasteiger partial charge >= 0.3 is 0 Å². The van der Waals surface area contributed by atoms with Gasteiger partial charge in [-0.05, 0) is 25.1 Å². The summed E-state index contributed by atoms with van der Waals surface area (Å²) in [4.78, 5) is 24.5. The van der Waals surface area contributed by atoms with Crippen molar-refractivity contribution in [2.24, 2.45) is 0 Å². The molecule has 0 spiro atoms. The van der Waals surface area contributed by atoms with Crippen molar-refractivity contribution in [2.45, 2.75) is 13.0 Å². The Bertz CT molecular complexity index is 889. The lowest BCUT2D eigenvalue weighted by Gasteiger charge is -2.15. The smallest absolute Gasteiger partial charge is 0.267 e. The SMILES string of the molecule is C[C@@H](C(=O)Nc1ccccc1)n1nc(-c2ccccc2)ccc1=O. The second-order valence-corrected chi connectivity index (χ2v) is 5.40. The largest absolute Gasteiger partial charge is 0.324 e. The van der Waals surface area contributed by atoms with Gasteiger partial charge in [0.2, 0.25) is 5.91 Å². The summed E-state index contributed by atoms with van der Waals surface area (Å²) in [7, 11) is 0. The molecule has 0 unspecified atom stereocenters. The Labute approximate surface area is 139 Å². The Balaban J connectivity index is 1.88. The van der Waals surface area contributed by atoms with E-state index in [9.17, 15) is 9.59 Å².